The Kier molecular flexibility index (Phi) is 7.65. The van der Waals surface area contributed by atoms with Crippen molar-refractivity contribution < 1.29 is 4.79 Å². The van der Waals surface area contributed by atoms with E-state index in [1.165, 1.54) is 17.3 Å². The van der Waals surface area contributed by atoms with E-state index >= 15 is 0 Å². The van der Waals surface area contributed by atoms with Crippen molar-refractivity contribution in [3.63, 3.8) is 0 Å². The molecule has 0 aliphatic heterocycles. The molecule has 0 saturated heterocycles. The number of amides is 1. The Hall–Kier alpha value is -2.64. The van der Waals surface area contributed by atoms with Gasteiger partial charge >= 0.3 is 0 Å². The van der Waals surface area contributed by atoms with Crippen LogP contribution in [0.1, 0.15) is 18.9 Å². The van der Waals surface area contributed by atoms with Crippen LogP contribution in [0.4, 0.5) is 5.69 Å². The first-order chi connectivity index (χ1) is 14.5. The van der Waals surface area contributed by atoms with Crippen molar-refractivity contribution in [2.24, 2.45) is 0 Å². The molecule has 0 radical (unpaired) electrons. The molecule has 0 fully saturated rings. The van der Waals surface area contributed by atoms with Crippen molar-refractivity contribution in [2.75, 3.05) is 31.7 Å². The molecule has 6 nitrogen and oxygen atoms in total. The van der Waals surface area contributed by atoms with Crippen LogP contribution in [0, 0.1) is 0 Å². The smallest absolute Gasteiger partial charge is 0.262 e. The van der Waals surface area contributed by atoms with E-state index in [0.717, 1.165) is 25.1 Å². The molecule has 1 N–H and O–H groups in total. The van der Waals surface area contributed by atoms with Crippen LogP contribution in [0.15, 0.2) is 58.5 Å². The molecule has 3 rings (SSSR count). The number of fused-ring (bicyclic) bond motifs is 1. The fourth-order valence-electron chi connectivity index (χ4n) is 3.15. The van der Waals surface area contributed by atoms with Crippen LogP contribution < -0.4 is 10.9 Å². The summed E-state index contributed by atoms with van der Waals surface area (Å²) in [4.78, 5) is 32.2. The van der Waals surface area contributed by atoms with Gasteiger partial charge in [-0.15, -0.1) is 0 Å². The summed E-state index contributed by atoms with van der Waals surface area (Å²) in [6.07, 6.45) is 1.79. The number of aromatic nitrogens is 2. The summed E-state index contributed by atoms with van der Waals surface area (Å²) >= 11 is 1.30. The van der Waals surface area contributed by atoms with Crippen molar-refractivity contribution >= 4 is 34.3 Å². The van der Waals surface area contributed by atoms with Gasteiger partial charge in [-0.2, -0.15) is 0 Å². The first-order valence-corrected chi connectivity index (χ1v) is 11.1. The summed E-state index contributed by atoms with van der Waals surface area (Å²) in [5.41, 5.74) is 2.60. The predicted molar refractivity (Wildman–Crippen MR) is 124 cm³/mol. The number of nitrogens with one attached hydrogen (secondary N) is 1. The molecule has 0 unspecified atom stereocenters. The van der Waals surface area contributed by atoms with Gasteiger partial charge in [0.25, 0.3) is 5.56 Å². The Morgan fingerprint density at radius 3 is 2.57 bits per heavy atom. The Labute approximate surface area is 181 Å². The number of carbonyl (C=O) groups is 1. The number of aryl methyl sites for hydroxylation is 1. The summed E-state index contributed by atoms with van der Waals surface area (Å²) in [7, 11) is 4.02. The molecule has 0 spiro atoms. The zero-order valence-corrected chi connectivity index (χ0v) is 18.5. The normalized spacial score (nSPS) is 11.2. The average molecular weight is 425 g/mol. The molecule has 0 atom stereocenters. The summed E-state index contributed by atoms with van der Waals surface area (Å²) in [5, 5.41) is 4.09. The van der Waals surface area contributed by atoms with E-state index in [0.29, 0.717) is 22.6 Å². The highest BCUT2D eigenvalue weighted by Crippen LogP contribution is 2.19. The van der Waals surface area contributed by atoms with E-state index in [4.69, 9.17) is 0 Å². The molecule has 2 aromatic carbocycles. The average Bonchev–Trinajstić information content (AvgIpc) is 2.74. The van der Waals surface area contributed by atoms with Crippen LogP contribution in [0.25, 0.3) is 10.9 Å². The summed E-state index contributed by atoms with van der Waals surface area (Å²) in [6, 6.07) is 15.2. The maximum absolute atomic E-state index is 13.0. The molecule has 0 aliphatic rings. The molecule has 7 heteroatoms. The number of benzene rings is 2. The van der Waals surface area contributed by atoms with Crippen LogP contribution in [0.5, 0.6) is 0 Å². The van der Waals surface area contributed by atoms with Gasteiger partial charge in [0.15, 0.2) is 5.16 Å². The lowest BCUT2D eigenvalue weighted by atomic mass is 10.1. The van der Waals surface area contributed by atoms with E-state index in [1.807, 2.05) is 56.6 Å². The Morgan fingerprint density at radius 2 is 1.87 bits per heavy atom. The first-order valence-electron chi connectivity index (χ1n) is 10.1. The molecule has 1 heterocycles. The van der Waals surface area contributed by atoms with Gasteiger partial charge in [-0.1, -0.05) is 43.0 Å². The third-order valence-corrected chi connectivity index (χ3v) is 5.77. The molecule has 1 aromatic heterocycles. The first kappa shape index (κ1) is 22.1. The molecule has 3 aromatic rings. The molecule has 1 amide bonds. The number of carbonyl (C=O) groups excluding carboxylic acids is 1. The maximum atomic E-state index is 13.0. The van der Waals surface area contributed by atoms with Gasteiger partial charge in [0.05, 0.1) is 16.7 Å². The van der Waals surface area contributed by atoms with E-state index in [9.17, 15) is 9.59 Å². The van der Waals surface area contributed by atoms with E-state index in [1.54, 1.807) is 10.6 Å². The van der Waals surface area contributed by atoms with Gasteiger partial charge in [0.2, 0.25) is 5.91 Å². The van der Waals surface area contributed by atoms with Gasteiger partial charge in [0, 0.05) is 12.2 Å². The number of thioether (sulfide) groups is 1. The number of rotatable bonds is 9. The number of para-hydroxylation sites is 1. The number of hydrogen-bond acceptors (Lipinski definition) is 5. The van der Waals surface area contributed by atoms with E-state index in [2.05, 4.69) is 22.1 Å². The van der Waals surface area contributed by atoms with Crippen molar-refractivity contribution in [3.8, 4) is 0 Å². The predicted octanol–water partition coefficient (Wildman–Crippen LogP) is 3.64. The minimum Gasteiger partial charge on any atom is -0.325 e. The van der Waals surface area contributed by atoms with Crippen LogP contribution in [-0.2, 0) is 17.8 Å². The molecule has 158 valence electrons. The summed E-state index contributed by atoms with van der Waals surface area (Å²) in [6.45, 7) is 3.54. The van der Waals surface area contributed by atoms with Crippen molar-refractivity contribution in [1.29, 1.82) is 0 Å². The Bertz CT molecular complexity index is 1060. The molecule has 0 saturated carbocycles. The molecular weight excluding hydrogens is 396 g/mol. The van der Waals surface area contributed by atoms with E-state index in [-0.39, 0.29) is 17.2 Å². The maximum Gasteiger partial charge on any atom is 0.262 e. The SMILES string of the molecule is CCc1ccc(NC(=O)CSc2nc3ccccc3c(=O)n2CCCN(C)C)cc1. The Balaban J connectivity index is 1.75. The highest BCUT2D eigenvalue weighted by atomic mass is 32.2. The van der Waals surface area contributed by atoms with Gasteiger partial charge < -0.3 is 10.2 Å². The molecular formula is C23H28N4O2S. The second kappa shape index (κ2) is 10.4. The van der Waals surface area contributed by atoms with Crippen LogP contribution in [0.3, 0.4) is 0 Å². The van der Waals surface area contributed by atoms with Gasteiger partial charge in [0.1, 0.15) is 0 Å². The topological polar surface area (TPSA) is 67.2 Å². The lowest BCUT2D eigenvalue weighted by Crippen LogP contribution is -2.26. The fraction of sp³-hybridized carbons (Fsp3) is 0.348. The standard InChI is InChI=1S/C23H28N4O2S/c1-4-17-10-12-18(13-11-17)24-21(28)16-30-23-25-20-9-6-5-8-19(20)22(29)27(23)15-7-14-26(2)3/h5-6,8-13H,4,7,14-16H2,1-3H3,(H,24,28). The van der Waals surface area contributed by atoms with Gasteiger partial charge in [-0.3, -0.25) is 14.2 Å². The molecule has 0 bridgehead atoms. The highest BCUT2D eigenvalue weighted by molar-refractivity contribution is 7.99. The fourth-order valence-corrected chi connectivity index (χ4v) is 3.98. The second-order valence-electron chi connectivity index (χ2n) is 7.41. The minimum atomic E-state index is -0.119. The Morgan fingerprint density at radius 1 is 1.13 bits per heavy atom. The summed E-state index contributed by atoms with van der Waals surface area (Å²) < 4.78 is 1.69. The van der Waals surface area contributed by atoms with Crippen molar-refractivity contribution in [3.05, 3.63) is 64.4 Å². The zero-order valence-electron chi connectivity index (χ0n) is 17.7. The quantitative estimate of drug-likeness (QED) is 0.420. The van der Waals surface area contributed by atoms with Gasteiger partial charge in [-0.25, -0.2) is 4.98 Å². The van der Waals surface area contributed by atoms with Crippen LogP contribution in [-0.4, -0.2) is 46.8 Å². The van der Waals surface area contributed by atoms with E-state index < -0.39 is 0 Å². The van der Waals surface area contributed by atoms with Crippen molar-refractivity contribution in [2.45, 2.75) is 31.5 Å². The largest absolute Gasteiger partial charge is 0.325 e. The third kappa shape index (κ3) is 5.70. The van der Waals surface area contributed by atoms with Crippen LogP contribution >= 0.6 is 11.8 Å². The number of nitrogens with zero attached hydrogens (tertiary/aromatic N) is 3. The van der Waals surface area contributed by atoms with Crippen molar-refractivity contribution in [1.82, 2.24) is 14.5 Å². The minimum absolute atomic E-state index is 0.0579. The number of hydrogen-bond donors (Lipinski definition) is 1. The lowest BCUT2D eigenvalue weighted by molar-refractivity contribution is -0.113. The summed E-state index contributed by atoms with van der Waals surface area (Å²) in [5.74, 6) is 0.0695. The lowest BCUT2D eigenvalue weighted by Gasteiger charge is -2.15. The highest BCUT2D eigenvalue weighted by Gasteiger charge is 2.13. The molecule has 0 aliphatic carbocycles. The second-order valence-corrected chi connectivity index (χ2v) is 8.35. The monoisotopic (exact) mass is 424 g/mol. The number of anilines is 1. The third-order valence-electron chi connectivity index (χ3n) is 4.79. The van der Waals surface area contributed by atoms with Gasteiger partial charge in [-0.05, 0) is 63.3 Å². The zero-order chi connectivity index (χ0) is 21.5. The molecule has 30 heavy (non-hydrogen) atoms. The van der Waals surface area contributed by atoms with Crippen LogP contribution in [0.2, 0.25) is 0 Å².